The predicted octanol–water partition coefficient (Wildman–Crippen LogP) is 2.44. The van der Waals surface area contributed by atoms with Gasteiger partial charge in [0.25, 0.3) is 16.0 Å². The van der Waals surface area contributed by atoms with Crippen LogP contribution in [0.4, 0.5) is 13.2 Å². The summed E-state index contributed by atoms with van der Waals surface area (Å²) in [7, 11) is -4.51. The molecule has 0 aromatic heterocycles. The number of hydrogen-bond donors (Lipinski definition) is 0. The van der Waals surface area contributed by atoms with Gasteiger partial charge in [0.2, 0.25) is 0 Å². The Bertz CT molecular complexity index is 607. The smallest absolute Gasteiger partial charge is 0.339 e. The first-order valence-corrected chi connectivity index (χ1v) is 7.87. The van der Waals surface area contributed by atoms with Crippen molar-refractivity contribution in [3.8, 4) is 0 Å². The van der Waals surface area contributed by atoms with Gasteiger partial charge in [0, 0.05) is 18.7 Å². The zero-order valence-electron chi connectivity index (χ0n) is 12.1. The summed E-state index contributed by atoms with van der Waals surface area (Å²) in [6, 6.07) is 4.57. The molecule has 0 aliphatic heterocycles. The molecule has 0 saturated heterocycles. The lowest BCUT2D eigenvalue weighted by Gasteiger charge is -2.18. The number of amides is 1. The Balaban J connectivity index is 2.90. The zero-order valence-corrected chi connectivity index (χ0v) is 12.9. The summed E-state index contributed by atoms with van der Waals surface area (Å²) in [5.74, 6) is -0.287. The SMILES string of the molecule is CCN(CC)C(=O)c1ccc(S(=O)(=O)OCC(F)(F)F)cc1. The molecular weight excluding hydrogens is 323 g/mol. The summed E-state index contributed by atoms with van der Waals surface area (Å²) in [5.41, 5.74) is 0.249. The van der Waals surface area contributed by atoms with Crippen molar-refractivity contribution in [3.63, 3.8) is 0 Å². The van der Waals surface area contributed by atoms with Crippen molar-refractivity contribution in [2.24, 2.45) is 0 Å². The highest BCUT2D eigenvalue weighted by Crippen LogP contribution is 2.20. The standard InChI is InChI=1S/C13H16F3NO4S/c1-3-17(4-2)12(18)10-5-7-11(8-6-10)22(19,20)21-9-13(14,15)16/h5-8H,3-4,9H2,1-2H3. The van der Waals surface area contributed by atoms with Crippen molar-refractivity contribution in [1.82, 2.24) is 4.90 Å². The van der Waals surface area contributed by atoms with Crippen LogP contribution in [0.1, 0.15) is 24.2 Å². The average molecular weight is 339 g/mol. The fourth-order valence-corrected chi connectivity index (χ4v) is 2.56. The predicted molar refractivity (Wildman–Crippen MR) is 72.9 cm³/mol. The first-order chi connectivity index (χ1) is 10.1. The Kier molecular flexibility index (Phi) is 5.95. The largest absolute Gasteiger partial charge is 0.413 e. The first kappa shape index (κ1) is 18.4. The normalized spacial score (nSPS) is 12.2. The van der Waals surface area contributed by atoms with E-state index < -0.39 is 27.8 Å². The highest BCUT2D eigenvalue weighted by Gasteiger charge is 2.31. The number of carbonyl (C=O) groups is 1. The van der Waals surface area contributed by atoms with Crippen LogP contribution in [0.15, 0.2) is 29.2 Å². The first-order valence-electron chi connectivity index (χ1n) is 6.46. The zero-order chi connectivity index (χ0) is 17.0. The number of rotatable bonds is 6. The van der Waals surface area contributed by atoms with Crippen molar-refractivity contribution < 1.29 is 30.6 Å². The molecule has 0 fully saturated rings. The van der Waals surface area contributed by atoms with Crippen molar-refractivity contribution >= 4 is 16.0 Å². The lowest BCUT2D eigenvalue weighted by atomic mass is 10.2. The van der Waals surface area contributed by atoms with Gasteiger partial charge in [-0.2, -0.15) is 21.6 Å². The molecule has 124 valence electrons. The minimum absolute atomic E-state index is 0.249. The maximum absolute atomic E-state index is 12.0. The number of halogens is 3. The fraction of sp³-hybridized carbons (Fsp3) is 0.462. The van der Waals surface area contributed by atoms with Crippen LogP contribution < -0.4 is 0 Å². The molecule has 1 amide bonds. The molecule has 0 radical (unpaired) electrons. The third-order valence-electron chi connectivity index (χ3n) is 2.82. The lowest BCUT2D eigenvalue weighted by molar-refractivity contribution is -0.152. The summed E-state index contributed by atoms with van der Waals surface area (Å²) in [6.45, 7) is 2.68. The van der Waals surface area contributed by atoms with Crippen LogP contribution in [0.25, 0.3) is 0 Å². The Morgan fingerprint density at radius 1 is 1.14 bits per heavy atom. The number of carbonyl (C=O) groups excluding carboxylic acids is 1. The second-order valence-electron chi connectivity index (χ2n) is 4.33. The monoisotopic (exact) mass is 339 g/mol. The van der Waals surface area contributed by atoms with E-state index in [9.17, 15) is 26.4 Å². The van der Waals surface area contributed by atoms with E-state index in [0.29, 0.717) is 13.1 Å². The van der Waals surface area contributed by atoms with Crippen LogP contribution in [0.2, 0.25) is 0 Å². The van der Waals surface area contributed by atoms with Crippen molar-refractivity contribution in [2.45, 2.75) is 24.9 Å². The van der Waals surface area contributed by atoms with E-state index >= 15 is 0 Å². The van der Waals surface area contributed by atoms with Crippen LogP contribution in [0, 0.1) is 0 Å². The molecular formula is C13H16F3NO4S. The number of hydrogen-bond acceptors (Lipinski definition) is 4. The summed E-state index contributed by atoms with van der Waals surface area (Å²) in [6.07, 6.45) is -4.74. The van der Waals surface area contributed by atoms with E-state index in [1.54, 1.807) is 13.8 Å². The van der Waals surface area contributed by atoms with Gasteiger partial charge in [-0.25, -0.2) is 0 Å². The van der Waals surface area contributed by atoms with Crippen LogP contribution in [0.3, 0.4) is 0 Å². The van der Waals surface area contributed by atoms with Gasteiger partial charge in [-0.15, -0.1) is 0 Å². The highest BCUT2D eigenvalue weighted by molar-refractivity contribution is 7.86. The van der Waals surface area contributed by atoms with Gasteiger partial charge in [0.1, 0.15) is 0 Å². The van der Waals surface area contributed by atoms with Crippen molar-refractivity contribution in [1.29, 1.82) is 0 Å². The highest BCUT2D eigenvalue weighted by atomic mass is 32.2. The van der Waals surface area contributed by atoms with E-state index in [4.69, 9.17) is 0 Å². The summed E-state index contributed by atoms with van der Waals surface area (Å²) < 4.78 is 63.1. The molecule has 22 heavy (non-hydrogen) atoms. The second-order valence-corrected chi connectivity index (χ2v) is 5.95. The van der Waals surface area contributed by atoms with E-state index in [0.717, 1.165) is 12.1 Å². The maximum Gasteiger partial charge on any atom is 0.413 e. The Labute approximate surface area is 126 Å². The van der Waals surface area contributed by atoms with Gasteiger partial charge >= 0.3 is 6.18 Å². The van der Waals surface area contributed by atoms with Gasteiger partial charge in [-0.3, -0.25) is 8.98 Å². The van der Waals surface area contributed by atoms with Gasteiger partial charge in [0.05, 0.1) is 4.90 Å². The third kappa shape index (κ3) is 4.99. The van der Waals surface area contributed by atoms with Crippen LogP contribution in [0.5, 0.6) is 0 Å². The minimum Gasteiger partial charge on any atom is -0.339 e. The fourth-order valence-electron chi connectivity index (χ4n) is 1.67. The molecule has 5 nitrogen and oxygen atoms in total. The second kappa shape index (κ2) is 7.10. The summed E-state index contributed by atoms with van der Waals surface area (Å²) in [5, 5.41) is 0. The lowest BCUT2D eigenvalue weighted by Crippen LogP contribution is -2.30. The Hall–Kier alpha value is -1.61. The molecule has 9 heteroatoms. The molecule has 0 N–H and O–H groups in total. The number of benzene rings is 1. The molecule has 0 saturated carbocycles. The molecule has 0 atom stereocenters. The van der Waals surface area contributed by atoms with E-state index in [1.807, 2.05) is 0 Å². The van der Waals surface area contributed by atoms with Gasteiger partial charge in [-0.1, -0.05) is 0 Å². The molecule has 0 aliphatic carbocycles. The molecule has 0 aliphatic rings. The molecule has 0 spiro atoms. The van der Waals surface area contributed by atoms with Gasteiger partial charge in [-0.05, 0) is 38.1 Å². The van der Waals surface area contributed by atoms with E-state index in [2.05, 4.69) is 4.18 Å². The molecule has 1 aromatic carbocycles. The Morgan fingerprint density at radius 2 is 1.64 bits per heavy atom. The Morgan fingerprint density at radius 3 is 2.05 bits per heavy atom. The topological polar surface area (TPSA) is 63.7 Å². The minimum atomic E-state index is -4.74. The van der Waals surface area contributed by atoms with Crippen molar-refractivity contribution in [3.05, 3.63) is 29.8 Å². The summed E-state index contributed by atoms with van der Waals surface area (Å²) in [4.78, 5) is 13.1. The third-order valence-corrected chi connectivity index (χ3v) is 4.10. The molecule has 0 unspecified atom stereocenters. The molecule has 0 bridgehead atoms. The van der Waals surface area contributed by atoms with Crippen LogP contribution >= 0.6 is 0 Å². The average Bonchev–Trinajstić information content (AvgIpc) is 2.46. The summed E-state index contributed by atoms with van der Waals surface area (Å²) >= 11 is 0. The van der Waals surface area contributed by atoms with Gasteiger partial charge < -0.3 is 4.90 Å². The van der Waals surface area contributed by atoms with E-state index in [1.165, 1.54) is 17.0 Å². The quantitative estimate of drug-likeness (QED) is 0.747. The molecule has 0 heterocycles. The number of nitrogens with zero attached hydrogens (tertiary/aromatic N) is 1. The van der Waals surface area contributed by atoms with Crippen LogP contribution in [-0.4, -0.2) is 45.1 Å². The number of alkyl halides is 3. The van der Waals surface area contributed by atoms with Crippen molar-refractivity contribution in [2.75, 3.05) is 19.7 Å². The maximum atomic E-state index is 12.0. The molecule has 1 aromatic rings. The molecule has 1 rings (SSSR count). The van der Waals surface area contributed by atoms with Crippen LogP contribution in [-0.2, 0) is 14.3 Å². The van der Waals surface area contributed by atoms with Gasteiger partial charge in [0.15, 0.2) is 6.61 Å². The van der Waals surface area contributed by atoms with E-state index in [-0.39, 0.29) is 11.5 Å².